The summed E-state index contributed by atoms with van der Waals surface area (Å²) in [5.41, 5.74) is -0.893. The number of aromatic nitrogens is 3. The van der Waals surface area contributed by atoms with Gasteiger partial charge < -0.3 is 28.2 Å². The lowest BCUT2D eigenvalue weighted by molar-refractivity contribution is 0.0427. The summed E-state index contributed by atoms with van der Waals surface area (Å²) < 4.78 is 98.0. The Hall–Kier alpha value is -6.05. The number of halogens is 3. The highest BCUT2D eigenvalue weighted by atomic mass is 35.5. The zero-order valence-electron chi connectivity index (χ0n) is 33.4. The quantitative estimate of drug-likeness (QED) is 0.120. The fraction of sp³-hybridized carbons (Fsp3) is 0.275. The monoisotopic (exact) mass is 885 g/mol. The molecule has 0 saturated heterocycles. The van der Waals surface area contributed by atoms with E-state index in [1.165, 1.54) is 44.6 Å². The number of imide groups is 1. The van der Waals surface area contributed by atoms with Crippen molar-refractivity contribution in [3.8, 4) is 34.1 Å². The first-order chi connectivity index (χ1) is 28.2. The van der Waals surface area contributed by atoms with Crippen molar-refractivity contribution in [2.75, 3.05) is 23.4 Å². The second kappa shape index (κ2) is 16.9. The van der Waals surface area contributed by atoms with Crippen LogP contribution in [0.4, 0.5) is 29.3 Å². The summed E-state index contributed by atoms with van der Waals surface area (Å²) >= 11 is 7.13. The SMILES string of the molecule is COc1ccc(CN(c2ncns2)S(=O)(=O)c2cc(F)c(Oc3ccc(Cl)cc3-c3ccc4onc(N(C(=O)OC(C)(C)C)C(=O)OC(C)(C)C)c4c3)cc2F)c(OC)c1. The average molecular weight is 886 g/mol. The van der Waals surface area contributed by atoms with Gasteiger partial charge in [0.15, 0.2) is 23.0 Å². The van der Waals surface area contributed by atoms with Gasteiger partial charge in [0, 0.05) is 45.9 Å². The number of fused-ring (bicyclic) bond motifs is 1. The molecule has 0 unspecified atom stereocenters. The lowest BCUT2D eigenvalue weighted by atomic mass is 10.0. The molecule has 0 aliphatic heterocycles. The largest absolute Gasteiger partial charge is 0.497 e. The first-order valence-electron chi connectivity index (χ1n) is 17.8. The molecule has 0 fully saturated rings. The van der Waals surface area contributed by atoms with Crippen LogP contribution in [-0.2, 0) is 26.0 Å². The molecule has 6 aromatic rings. The Morgan fingerprint density at radius 2 is 1.53 bits per heavy atom. The minimum atomic E-state index is -4.84. The number of amides is 2. The number of carbonyl (C=O) groups is 2. The van der Waals surface area contributed by atoms with Gasteiger partial charge in [0.2, 0.25) is 5.13 Å². The van der Waals surface area contributed by atoms with Crippen molar-refractivity contribution in [3.05, 3.63) is 95.3 Å². The number of hydrogen-bond acceptors (Lipinski definition) is 14. The Bertz CT molecular complexity index is 2660. The molecule has 0 aliphatic rings. The van der Waals surface area contributed by atoms with E-state index in [2.05, 4.69) is 14.5 Å². The normalized spacial score (nSPS) is 11.9. The Labute approximate surface area is 352 Å². The topological polar surface area (TPSA) is 173 Å². The Morgan fingerprint density at radius 1 is 0.833 bits per heavy atom. The van der Waals surface area contributed by atoms with Gasteiger partial charge in [-0.15, -0.1) is 0 Å². The maximum atomic E-state index is 16.1. The molecule has 6 rings (SSSR count). The van der Waals surface area contributed by atoms with Gasteiger partial charge in [-0.25, -0.2) is 36.1 Å². The fourth-order valence-electron chi connectivity index (χ4n) is 5.63. The van der Waals surface area contributed by atoms with E-state index in [4.69, 9.17) is 39.8 Å². The third-order valence-corrected chi connectivity index (χ3v) is 11.0. The molecule has 15 nitrogen and oxygen atoms in total. The number of methoxy groups -OCH3 is 2. The summed E-state index contributed by atoms with van der Waals surface area (Å²) in [4.78, 5) is 30.5. The van der Waals surface area contributed by atoms with Gasteiger partial charge in [-0.1, -0.05) is 22.8 Å². The van der Waals surface area contributed by atoms with Crippen molar-refractivity contribution >= 4 is 67.3 Å². The van der Waals surface area contributed by atoms with Crippen molar-refractivity contribution in [2.45, 2.75) is 64.2 Å². The highest BCUT2D eigenvalue weighted by Crippen LogP contribution is 2.41. The van der Waals surface area contributed by atoms with E-state index in [0.29, 0.717) is 33.9 Å². The molecule has 4 aromatic carbocycles. The van der Waals surface area contributed by atoms with Crippen LogP contribution in [0, 0.1) is 11.6 Å². The van der Waals surface area contributed by atoms with E-state index in [9.17, 15) is 18.0 Å². The molecular formula is C40H38ClF2N5O10S2. The molecule has 316 valence electrons. The molecule has 0 aliphatic carbocycles. The maximum Gasteiger partial charge on any atom is 0.425 e. The number of sulfonamides is 1. The smallest absolute Gasteiger partial charge is 0.425 e. The van der Waals surface area contributed by atoms with Gasteiger partial charge in [-0.2, -0.15) is 9.27 Å². The molecule has 0 N–H and O–H groups in total. The first kappa shape index (κ1) is 43.5. The lowest BCUT2D eigenvalue weighted by Crippen LogP contribution is -2.44. The van der Waals surface area contributed by atoms with E-state index in [-0.39, 0.29) is 50.5 Å². The van der Waals surface area contributed by atoms with Gasteiger partial charge in [0.25, 0.3) is 10.0 Å². The second-order valence-corrected chi connectivity index (χ2v) is 17.9. The molecule has 60 heavy (non-hydrogen) atoms. The number of ether oxygens (including phenoxy) is 5. The fourth-order valence-corrected chi connectivity index (χ4v) is 7.99. The summed E-state index contributed by atoms with van der Waals surface area (Å²) in [6.07, 6.45) is -1.04. The predicted molar refractivity (Wildman–Crippen MR) is 219 cm³/mol. The van der Waals surface area contributed by atoms with Crippen molar-refractivity contribution < 1.29 is 55.0 Å². The number of carbonyl (C=O) groups excluding carboxylic acids is 2. The number of benzene rings is 4. The van der Waals surface area contributed by atoms with Crippen LogP contribution in [0.25, 0.3) is 22.1 Å². The van der Waals surface area contributed by atoms with Crippen LogP contribution in [0.3, 0.4) is 0 Å². The summed E-state index contributed by atoms with van der Waals surface area (Å²) in [5.74, 6) is -2.80. The molecular weight excluding hydrogens is 848 g/mol. The molecule has 2 aromatic heterocycles. The Kier molecular flexibility index (Phi) is 12.3. The van der Waals surface area contributed by atoms with Gasteiger partial charge in [-0.05, 0) is 89.6 Å². The van der Waals surface area contributed by atoms with Crippen LogP contribution in [-0.4, -0.2) is 60.5 Å². The minimum absolute atomic E-state index is 0.0381. The number of rotatable bonds is 11. The van der Waals surface area contributed by atoms with Crippen molar-refractivity contribution in [1.29, 1.82) is 0 Å². The standard InChI is InChI=1S/C40H38ClF2N5O10S2/c1-39(2,3)56-37(49)48(38(50)57-40(4,5)6)35-27-15-22(10-13-31(27)58-46-35)26-16-24(41)11-14-30(26)55-33-18-29(43)34(19-28(33)42)60(51,52)47(36-44-21-45-59-36)20-23-9-12-25(53-7)17-32(23)54-8/h9-19,21H,20H2,1-8H3. The van der Waals surface area contributed by atoms with Crippen LogP contribution in [0.15, 0.2) is 82.5 Å². The van der Waals surface area contributed by atoms with Gasteiger partial charge >= 0.3 is 12.2 Å². The molecule has 2 amide bonds. The van der Waals surface area contributed by atoms with E-state index in [1.807, 2.05) is 0 Å². The summed E-state index contributed by atoms with van der Waals surface area (Å²) in [5, 5.41) is 4.26. The zero-order chi connectivity index (χ0) is 43.7. The first-order valence-corrected chi connectivity index (χ1v) is 20.4. The highest BCUT2D eigenvalue weighted by molar-refractivity contribution is 7.93. The molecule has 0 saturated carbocycles. The third-order valence-electron chi connectivity index (χ3n) is 8.21. The second-order valence-electron chi connectivity index (χ2n) is 14.9. The number of nitrogens with zero attached hydrogens (tertiary/aromatic N) is 5. The molecule has 20 heteroatoms. The summed E-state index contributed by atoms with van der Waals surface area (Å²) in [6, 6.07) is 14.7. The molecule has 0 radical (unpaired) electrons. The molecule has 0 bridgehead atoms. The maximum absolute atomic E-state index is 16.1. The molecule has 2 heterocycles. The number of hydrogen-bond donors (Lipinski definition) is 0. The van der Waals surface area contributed by atoms with E-state index in [1.54, 1.807) is 65.8 Å². The van der Waals surface area contributed by atoms with Crippen molar-refractivity contribution in [1.82, 2.24) is 14.5 Å². The summed E-state index contributed by atoms with van der Waals surface area (Å²) in [7, 11) is -2.00. The van der Waals surface area contributed by atoms with Gasteiger partial charge in [-0.3, -0.25) is 0 Å². The van der Waals surface area contributed by atoms with E-state index >= 15 is 8.78 Å². The minimum Gasteiger partial charge on any atom is -0.497 e. The zero-order valence-corrected chi connectivity index (χ0v) is 35.8. The van der Waals surface area contributed by atoms with Crippen LogP contribution in [0.5, 0.6) is 23.0 Å². The third kappa shape index (κ3) is 9.53. The van der Waals surface area contributed by atoms with Gasteiger partial charge in [0.1, 0.15) is 45.5 Å². The van der Waals surface area contributed by atoms with Crippen molar-refractivity contribution in [3.63, 3.8) is 0 Å². The van der Waals surface area contributed by atoms with E-state index in [0.717, 1.165) is 22.2 Å². The van der Waals surface area contributed by atoms with Crippen LogP contribution in [0.2, 0.25) is 5.02 Å². The van der Waals surface area contributed by atoms with Crippen LogP contribution < -0.4 is 23.4 Å². The average Bonchev–Trinajstić information content (AvgIpc) is 3.85. The van der Waals surface area contributed by atoms with Crippen molar-refractivity contribution in [2.24, 2.45) is 0 Å². The highest BCUT2D eigenvalue weighted by Gasteiger charge is 2.37. The molecule has 0 atom stereocenters. The van der Waals surface area contributed by atoms with E-state index < -0.39 is 55.7 Å². The van der Waals surface area contributed by atoms with Crippen LogP contribution >= 0.6 is 23.1 Å². The van der Waals surface area contributed by atoms with Crippen LogP contribution in [0.1, 0.15) is 47.1 Å². The van der Waals surface area contributed by atoms with Gasteiger partial charge in [0.05, 0.1) is 26.2 Å². The number of anilines is 2. The Morgan fingerprint density at radius 3 is 2.15 bits per heavy atom. The Balaban J connectivity index is 1.37. The predicted octanol–water partition coefficient (Wildman–Crippen LogP) is 10.2. The lowest BCUT2D eigenvalue weighted by Gasteiger charge is -2.27. The summed E-state index contributed by atoms with van der Waals surface area (Å²) in [6.45, 7) is 9.34. The molecule has 0 spiro atoms.